The van der Waals surface area contributed by atoms with Gasteiger partial charge in [-0.3, -0.25) is 9.89 Å². The van der Waals surface area contributed by atoms with Crippen LogP contribution in [0.5, 0.6) is 11.5 Å². The van der Waals surface area contributed by atoms with Crippen molar-refractivity contribution in [1.29, 1.82) is 0 Å². The number of aliphatic hydroxyl groups is 1. The number of carbonyl (C=O) groups excluding carboxylic acids is 1. The average Bonchev–Trinajstić information content (AvgIpc) is 3.43. The number of fused-ring (bicyclic) bond motifs is 1. The second-order valence-corrected chi connectivity index (χ2v) is 10.7. The van der Waals surface area contributed by atoms with Gasteiger partial charge in [0.1, 0.15) is 5.84 Å². The van der Waals surface area contributed by atoms with E-state index in [4.69, 9.17) is 15.2 Å². The predicted molar refractivity (Wildman–Crippen MR) is 159 cm³/mol. The van der Waals surface area contributed by atoms with Crippen LogP contribution >= 0.6 is 0 Å². The molecule has 5 rings (SSSR count). The summed E-state index contributed by atoms with van der Waals surface area (Å²) in [5.74, 6) is -0.385. The topological polar surface area (TPSA) is 141 Å². The van der Waals surface area contributed by atoms with Gasteiger partial charge in [-0.1, -0.05) is 6.07 Å². The van der Waals surface area contributed by atoms with Crippen LogP contribution in [0.15, 0.2) is 41.4 Å². The lowest BCUT2D eigenvalue weighted by Gasteiger charge is -2.33. The quantitative estimate of drug-likeness (QED) is 0.232. The van der Waals surface area contributed by atoms with E-state index in [0.717, 1.165) is 51.4 Å². The standard InChI is InChI=1S/C30H37F2N7O4/c1-42-25-16-21-23(17-26(25)43-13-3-9-38-10-6-19(7-11-38)8-12-40)34-18-39(24-5-2-4-22(31)29(24)32)30(21)35-28-15-20(36-37-28)14-27(33)41/h2,4-5,15-17,19,34,40H,3,6-14,18H2,1H3,(H2,33,41)(H,36,37). The van der Waals surface area contributed by atoms with Crippen molar-refractivity contribution in [2.45, 2.75) is 32.1 Å². The first kappa shape index (κ1) is 30.2. The Balaban J connectivity index is 1.37. The molecule has 0 spiro atoms. The fourth-order valence-electron chi connectivity index (χ4n) is 5.51. The molecule has 3 heterocycles. The van der Waals surface area contributed by atoms with Crippen molar-refractivity contribution in [1.82, 2.24) is 15.1 Å². The first-order chi connectivity index (χ1) is 20.9. The van der Waals surface area contributed by atoms with Crippen LogP contribution in [0.3, 0.4) is 0 Å². The van der Waals surface area contributed by atoms with Gasteiger partial charge < -0.3 is 35.4 Å². The van der Waals surface area contributed by atoms with Gasteiger partial charge in [-0.25, -0.2) is 13.8 Å². The number of rotatable bonds is 12. The van der Waals surface area contributed by atoms with Gasteiger partial charge in [-0.15, -0.1) is 0 Å². The van der Waals surface area contributed by atoms with Crippen LogP contribution in [0.4, 0.5) is 26.0 Å². The predicted octanol–water partition coefficient (Wildman–Crippen LogP) is 3.56. The third-order valence-corrected chi connectivity index (χ3v) is 7.77. The van der Waals surface area contributed by atoms with Crippen LogP contribution in [-0.2, 0) is 11.2 Å². The number of primary amides is 1. The number of ether oxygens (including phenoxy) is 2. The highest BCUT2D eigenvalue weighted by atomic mass is 19.2. The maximum absolute atomic E-state index is 15.0. The van der Waals surface area contributed by atoms with Gasteiger partial charge in [0.15, 0.2) is 29.0 Å². The van der Waals surface area contributed by atoms with Crippen molar-refractivity contribution >= 4 is 28.9 Å². The zero-order valence-electron chi connectivity index (χ0n) is 24.1. The van der Waals surface area contributed by atoms with Crippen molar-refractivity contribution < 1.29 is 28.2 Å². The van der Waals surface area contributed by atoms with E-state index in [1.165, 1.54) is 24.1 Å². The number of likely N-dealkylation sites (tertiary alicyclic amines) is 1. The Hall–Kier alpha value is -4.23. The second-order valence-electron chi connectivity index (χ2n) is 10.7. The summed E-state index contributed by atoms with van der Waals surface area (Å²) in [6, 6.07) is 9.07. The van der Waals surface area contributed by atoms with Gasteiger partial charge in [-0.2, -0.15) is 5.10 Å². The number of halogens is 2. The van der Waals surface area contributed by atoms with Gasteiger partial charge in [-0.05, 0) is 62.9 Å². The van der Waals surface area contributed by atoms with Crippen molar-refractivity contribution in [2.75, 3.05) is 56.8 Å². The monoisotopic (exact) mass is 597 g/mol. The minimum absolute atomic E-state index is 0.00974. The molecule has 0 saturated carbocycles. The largest absolute Gasteiger partial charge is 0.493 e. The first-order valence-corrected chi connectivity index (χ1v) is 14.4. The van der Waals surface area contributed by atoms with Gasteiger partial charge in [0.05, 0.1) is 38.2 Å². The normalized spacial score (nSPS) is 16.7. The SMILES string of the molecule is COc1cc2c(cc1OCCCN1CCC(CCO)CC1)NCN(c1cccc(F)c1F)C2=Nc1cc(CC(N)=O)[nH]n1. The number of carbonyl (C=O) groups is 1. The Morgan fingerprint density at radius 3 is 2.77 bits per heavy atom. The van der Waals surface area contributed by atoms with E-state index in [2.05, 4.69) is 25.4 Å². The van der Waals surface area contributed by atoms with E-state index in [-0.39, 0.29) is 31.2 Å². The number of methoxy groups -OCH3 is 1. The molecule has 43 heavy (non-hydrogen) atoms. The van der Waals surface area contributed by atoms with Gasteiger partial charge in [0.2, 0.25) is 5.91 Å². The lowest BCUT2D eigenvalue weighted by atomic mass is 9.94. The van der Waals surface area contributed by atoms with E-state index in [1.807, 2.05) is 6.07 Å². The number of aliphatic imine (C=N–C) groups is 1. The first-order valence-electron chi connectivity index (χ1n) is 14.4. The highest BCUT2D eigenvalue weighted by Crippen LogP contribution is 2.38. The summed E-state index contributed by atoms with van der Waals surface area (Å²) in [6.45, 7) is 3.81. The molecule has 13 heteroatoms. The number of hydrogen-bond donors (Lipinski definition) is 4. The molecule has 2 aliphatic heterocycles. The Morgan fingerprint density at radius 1 is 1.21 bits per heavy atom. The Kier molecular flexibility index (Phi) is 9.72. The fraction of sp³-hybridized carbons (Fsp3) is 0.433. The van der Waals surface area contributed by atoms with Crippen molar-refractivity contribution in [3.05, 3.63) is 59.3 Å². The van der Waals surface area contributed by atoms with Crippen LogP contribution in [0.25, 0.3) is 0 Å². The number of aromatic nitrogens is 2. The molecule has 3 aromatic rings. The average molecular weight is 598 g/mol. The van der Waals surface area contributed by atoms with Crippen LogP contribution in [0, 0.1) is 17.6 Å². The van der Waals surface area contributed by atoms with E-state index < -0.39 is 17.5 Å². The summed E-state index contributed by atoms with van der Waals surface area (Å²) < 4.78 is 41.0. The molecule has 5 N–H and O–H groups in total. The Labute approximate surface area is 248 Å². The smallest absolute Gasteiger partial charge is 0.223 e. The molecule has 0 radical (unpaired) electrons. The molecular weight excluding hydrogens is 560 g/mol. The second kappa shape index (κ2) is 13.8. The molecule has 0 bridgehead atoms. The van der Waals surface area contributed by atoms with Crippen molar-refractivity contribution in [3.63, 3.8) is 0 Å². The third-order valence-electron chi connectivity index (χ3n) is 7.77. The Bertz CT molecular complexity index is 1460. The van der Waals surface area contributed by atoms with E-state index in [0.29, 0.717) is 46.8 Å². The number of hydrogen-bond acceptors (Lipinski definition) is 8. The number of amidine groups is 1. The Morgan fingerprint density at radius 2 is 2.02 bits per heavy atom. The zero-order valence-corrected chi connectivity index (χ0v) is 24.1. The molecule has 11 nitrogen and oxygen atoms in total. The molecule has 1 saturated heterocycles. The molecule has 0 aliphatic carbocycles. The number of nitrogens with one attached hydrogen (secondary N) is 2. The number of H-pyrrole nitrogens is 1. The van der Waals surface area contributed by atoms with E-state index >= 15 is 0 Å². The van der Waals surface area contributed by atoms with E-state index in [1.54, 1.807) is 12.1 Å². The number of amides is 1. The number of aliphatic hydroxyl groups excluding tert-OH is 1. The van der Waals surface area contributed by atoms with Crippen LogP contribution in [0.1, 0.15) is 36.9 Å². The number of nitrogens with zero attached hydrogens (tertiary/aromatic N) is 4. The molecule has 0 unspecified atom stereocenters. The molecule has 1 amide bonds. The van der Waals surface area contributed by atoms with Gasteiger partial charge >= 0.3 is 0 Å². The lowest BCUT2D eigenvalue weighted by molar-refractivity contribution is -0.117. The summed E-state index contributed by atoms with van der Waals surface area (Å²) in [7, 11) is 1.53. The van der Waals surface area contributed by atoms with Crippen LogP contribution < -0.4 is 25.4 Å². The molecule has 1 aromatic heterocycles. The third kappa shape index (κ3) is 7.23. The maximum atomic E-state index is 15.0. The number of aromatic amines is 1. The minimum Gasteiger partial charge on any atom is -0.493 e. The zero-order chi connectivity index (χ0) is 30.3. The van der Waals surface area contributed by atoms with Crippen LogP contribution in [0.2, 0.25) is 0 Å². The van der Waals surface area contributed by atoms with Gasteiger partial charge in [0, 0.05) is 36.5 Å². The molecule has 1 fully saturated rings. The number of piperidine rings is 1. The minimum atomic E-state index is -1.01. The van der Waals surface area contributed by atoms with Crippen molar-refractivity contribution in [3.8, 4) is 11.5 Å². The number of benzene rings is 2. The lowest BCUT2D eigenvalue weighted by Crippen LogP contribution is -2.41. The number of nitrogens with two attached hydrogens (primary N) is 1. The highest BCUT2D eigenvalue weighted by Gasteiger charge is 2.29. The molecule has 230 valence electrons. The summed E-state index contributed by atoms with van der Waals surface area (Å²) >= 11 is 0. The van der Waals surface area contributed by atoms with Crippen molar-refractivity contribution in [2.24, 2.45) is 16.6 Å². The van der Waals surface area contributed by atoms with Gasteiger partial charge in [0.25, 0.3) is 0 Å². The van der Waals surface area contributed by atoms with E-state index in [9.17, 15) is 18.7 Å². The summed E-state index contributed by atoms with van der Waals surface area (Å²) in [4.78, 5) is 20.0. The van der Waals surface area contributed by atoms with Crippen LogP contribution in [-0.4, -0.2) is 78.6 Å². The highest BCUT2D eigenvalue weighted by molar-refractivity contribution is 6.16. The summed E-state index contributed by atoms with van der Waals surface area (Å²) in [5.41, 5.74) is 6.99. The fourth-order valence-corrected chi connectivity index (χ4v) is 5.51. The molecule has 2 aromatic carbocycles. The summed E-state index contributed by atoms with van der Waals surface area (Å²) in [5, 5.41) is 19.3. The summed E-state index contributed by atoms with van der Waals surface area (Å²) in [6.07, 6.45) is 3.88. The maximum Gasteiger partial charge on any atom is 0.223 e. The molecule has 0 atom stereocenters. The number of anilines is 2. The molecular formula is C30H37F2N7O4. The molecule has 2 aliphatic rings.